The summed E-state index contributed by atoms with van der Waals surface area (Å²) in [6, 6.07) is 2.43. The standard InChI is InChI=1S/C14H20BrF2N/c1-4-6-9(3)14(18-5-2)12-11(16)8-7-10(15)13(12)17/h7-9,14,18H,4-6H2,1-3H3. The van der Waals surface area contributed by atoms with E-state index in [2.05, 4.69) is 28.2 Å². The largest absolute Gasteiger partial charge is 0.310 e. The van der Waals surface area contributed by atoms with Crippen LogP contribution in [0.15, 0.2) is 16.6 Å². The molecule has 2 atom stereocenters. The number of nitrogens with one attached hydrogen (secondary N) is 1. The monoisotopic (exact) mass is 319 g/mol. The molecule has 0 bridgehead atoms. The summed E-state index contributed by atoms with van der Waals surface area (Å²) in [4.78, 5) is 0. The predicted molar refractivity (Wildman–Crippen MR) is 74.5 cm³/mol. The van der Waals surface area contributed by atoms with Crippen LogP contribution in [0.4, 0.5) is 8.78 Å². The molecule has 1 aromatic carbocycles. The Bertz CT molecular complexity index is 396. The molecule has 1 aromatic rings. The Morgan fingerprint density at radius 2 is 1.94 bits per heavy atom. The zero-order valence-corrected chi connectivity index (χ0v) is 12.7. The molecule has 1 N–H and O–H groups in total. The summed E-state index contributed by atoms with van der Waals surface area (Å²) in [5.41, 5.74) is 0.146. The summed E-state index contributed by atoms with van der Waals surface area (Å²) in [5.74, 6) is -0.790. The second kappa shape index (κ2) is 7.19. The van der Waals surface area contributed by atoms with Crippen LogP contribution >= 0.6 is 15.9 Å². The van der Waals surface area contributed by atoms with Gasteiger partial charge >= 0.3 is 0 Å². The van der Waals surface area contributed by atoms with Gasteiger partial charge in [-0.1, -0.05) is 27.2 Å². The minimum Gasteiger partial charge on any atom is -0.310 e. The smallest absolute Gasteiger partial charge is 0.145 e. The van der Waals surface area contributed by atoms with Gasteiger partial charge in [-0.3, -0.25) is 0 Å². The van der Waals surface area contributed by atoms with Gasteiger partial charge in [0.25, 0.3) is 0 Å². The maximum absolute atomic E-state index is 14.1. The fourth-order valence-corrected chi connectivity index (χ4v) is 2.60. The summed E-state index contributed by atoms with van der Waals surface area (Å²) < 4.78 is 28.3. The van der Waals surface area contributed by atoms with Crippen molar-refractivity contribution < 1.29 is 8.78 Å². The zero-order chi connectivity index (χ0) is 13.7. The molecule has 4 heteroatoms. The Morgan fingerprint density at radius 3 is 2.50 bits per heavy atom. The number of hydrogen-bond donors (Lipinski definition) is 1. The number of rotatable bonds is 6. The average Bonchev–Trinajstić information content (AvgIpc) is 2.33. The molecule has 18 heavy (non-hydrogen) atoms. The first-order valence-corrected chi connectivity index (χ1v) is 7.18. The molecule has 0 heterocycles. The highest BCUT2D eigenvalue weighted by Crippen LogP contribution is 2.32. The summed E-state index contributed by atoms with van der Waals surface area (Å²) in [5, 5.41) is 3.19. The van der Waals surface area contributed by atoms with Crippen molar-refractivity contribution in [3.63, 3.8) is 0 Å². The third-order valence-electron chi connectivity index (χ3n) is 3.13. The predicted octanol–water partition coefficient (Wildman–Crippen LogP) is 4.81. The molecular formula is C14H20BrF2N. The van der Waals surface area contributed by atoms with Crippen molar-refractivity contribution in [2.75, 3.05) is 6.54 Å². The van der Waals surface area contributed by atoms with Gasteiger partial charge in [-0.15, -0.1) is 0 Å². The van der Waals surface area contributed by atoms with E-state index in [4.69, 9.17) is 0 Å². The van der Waals surface area contributed by atoms with Gasteiger partial charge in [0, 0.05) is 11.6 Å². The van der Waals surface area contributed by atoms with Gasteiger partial charge in [-0.05, 0) is 46.9 Å². The van der Waals surface area contributed by atoms with Crippen LogP contribution in [0.1, 0.15) is 45.2 Å². The summed E-state index contributed by atoms with van der Waals surface area (Å²) in [6.07, 6.45) is 1.93. The van der Waals surface area contributed by atoms with Crippen molar-refractivity contribution in [2.24, 2.45) is 5.92 Å². The van der Waals surface area contributed by atoms with Crippen molar-refractivity contribution in [3.8, 4) is 0 Å². The minimum absolute atomic E-state index is 0.146. The van der Waals surface area contributed by atoms with Crippen LogP contribution in [0, 0.1) is 17.6 Å². The Morgan fingerprint density at radius 1 is 1.28 bits per heavy atom. The summed E-state index contributed by atoms with van der Waals surface area (Å²) in [6.45, 7) is 6.73. The van der Waals surface area contributed by atoms with Gasteiger partial charge in [0.05, 0.1) is 4.47 Å². The topological polar surface area (TPSA) is 12.0 Å². The molecule has 0 radical (unpaired) electrons. The van der Waals surface area contributed by atoms with E-state index < -0.39 is 11.6 Å². The fourth-order valence-electron chi connectivity index (χ4n) is 2.26. The van der Waals surface area contributed by atoms with E-state index in [0.717, 1.165) is 12.8 Å². The third-order valence-corrected chi connectivity index (χ3v) is 3.74. The van der Waals surface area contributed by atoms with E-state index in [-0.39, 0.29) is 17.5 Å². The van der Waals surface area contributed by atoms with Crippen molar-refractivity contribution in [1.29, 1.82) is 0 Å². The number of halogens is 3. The lowest BCUT2D eigenvalue weighted by Crippen LogP contribution is -2.28. The fraction of sp³-hybridized carbons (Fsp3) is 0.571. The second-order valence-corrected chi connectivity index (χ2v) is 5.41. The van der Waals surface area contributed by atoms with Crippen LogP contribution in [0.5, 0.6) is 0 Å². The lowest BCUT2D eigenvalue weighted by atomic mass is 9.90. The molecule has 0 fully saturated rings. The lowest BCUT2D eigenvalue weighted by Gasteiger charge is -2.26. The van der Waals surface area contributed by atoms with E-state index in [9.17, 15) is 8.78 Å². The first kappa shape index (κ1) is 15.6. The van der Waals surface area contributed by atoms with Crippen LogP contribution in [0.3, 0.4) is 0 Å². The van der Waals surface area contributed by atoms with Crippen molar-refractivity contribution in [2.45, 2.75) is 39.7 Å². The first-order valence-electron chi connectivity index (χ1n) is 6.39. The van der Waals surface area contributed by atoms with Crippen LogP contribution in [0.25, 0.3) is 0 Å². The number of hydrogen-bond acceptors (Lipinski definition) is 1. The quantitative estimate of drug-likeness (QED) is 0.742. The second-order valence-electron chi connectivity index (χ2n) is 4.56. The van der Waals surface area contributed by atoms with E-state index in [1.165, 1.54) is 12.1 Å². The van der Waals surface area contributed by atoms with E-state index in [1.807, 2.05) is 13.8 Å². The minimum atomic E-state index is -0.496. The van der Waals surface area contributed by atoms with Gasteiger partial charge in [0.15, 0.2) is 0 Å². The average molecular weight is 320 g/mol. The molecule has 0 saturated heterocycles. The highest BCUT2D eigenvalue weighted by Gasteiger charge is 2.25. The van der Waals surface area contributed by atoms with Crippen LogP contribution in [-0.4, -0.2) is 6.54 Å². The molecule has 0 aliphatic carbocycles. The third kappa shape index (κ3) is 3.51. The molecule has 0 aromatic heterocycles. The van der Waals surface area contributed by atoms with Gasteiger partial charge in [-0.25, -0.2) is 8.78 Å². The zero-order valence-electron chi connectivity index (χ0n) is 11.1. The molecule has 0 saturated carbocycles. The van der Waals surface area contributed by atoms with E-state index >= 15 is 0 Å². The van der Waals surface area contributed by atoms with E-state index in [1.54, 1.807) is 0 Å². The Hall–Kier alpha value is -0.480. The summed E-state index contributed by atoms with van der Waals surface area (Å²) in [7, 11) is 0. The van der Waals surface area contributed by atoms with Crippen LogP contribution < -0.4 is 5.32 Å². The van der Waals surface area contributed by atoms with Gasteiger partial charge in [0.2, 0.25) is 0 Å². The Balaban J connectivity index is 3.16. The van der Waals surface area contributed by atoms with Gasteiger partial charge in [0.1, 0.15) is 11.6 Å². The molecule has 0 aliphatic heterocycles. The molecule has 0 amide bonds. The van der Waals surface area contributed by atoms with Crippen LogP contribution in [0.2, 0.25) is 0 Å². The molecule has 2 unspecified atom stereocenters. The van der Waals surface area contributed by atoms with Gasteiger partial charge in [-0.2, -0.15) is 0 Å². The summed E-state index contributed by atoms with van der Waals surface area (Å²) >= 11 is 3.12. The maximum atomic E-state index is 14.1. The number of benzene rings is 1. The Kier molecular flexibility index (Phi) is 6.22. The molecule has 102 valence electrons. The molecule has 0 aliphatic rings. The van der Waals surface area contributed by atoms with Crippen LogP contribution in [-0.2, 0) is 0 Å². The lowest BCUT2D eigenvalue weighted by molar-refractivity contribution is 0.346. The van der Waals surface area contributed by atoms with Crippen molar-refractivity contribution >= 4 is 15.9 Å². The molecule has 1 nitrogen and oxygen atoms in total. The first-order chi connectivity index (χ1) is 8.52. The maximum Gasteiger partial charge on any atom is 0.145 e. The Labute approximate surface area is 116 Å². The van der Waals surface area contributed by atoms with Crippen molar-refractivity contribution in [3.05, 3.63) is 33.8 Å². The molecular weight excluding hydrogens is 300 g/mol. The van der Waals surface area contributed by atoms with E-state index in [0.29, 0.717) is 11.0 Å². The normalized spacial score (nSPS) is 14.6. The molecule has 1 rings (SSSR count). The highest BCUT2D eigenvalue weighted by atomic mass is 79.9. The van der Waals surface area contributed by atoms with Gasteiger partial charge < -0.3 is 5.32 Å². The highest BCUT2D eigenvalue weighted by molar-refractivity contribution is 9.10. The molecule has 0 spiro atoms. The van der Waals surface area contributed by atoms with Crippen molar-refractivity contribution in [1.82, 2.24) is 5.32 Å². The SMILES string of the molecule is CCCC(C)C(NCC)c1c(F)ccc(Br)c1F.